The fourth-order valence-corrected chi connectivity index (χ4v) is 1.23. The number of benzene rings is 1. The molecule has 0 amide bonds. The monoisotopic (exact) mass is 158 g/mol. The van der Waals surface area contributed by atoms with Crippen LogP contribution in [0.2, 0.25) is 0 Å². The van der Waals surface area contributed by atoms with Crippen molar-refractivity contribution in [1.29, 1.82) is 0 Å². The maximum absolute atomic E-state index is 10.9. The minimum Gasteiger partial charge on any atom is -0.366 e. The predicted molar refractivity (Wildman–Crippen MR) is 48.0 cm³/mol. The van der Waals surface area contributed by atoms with E-state index in [-0.39, 0.29) is 5.78 Å². The van der Waals surface area contributed by atoms with Gasteiger partial charge in [0.2, 0.25) is 0 Å². The van der Waals surface area contributed by atoms with Crippen LogP contribution in [0.15, 0.2) is 30.6 Å². The van der Waals surface area contributed by atoms with Gasteiger partial charge in [0.25, 0.3) is 0 Å². The van der Waals surface area contributed by atoms with Crippen LogP contribution in [0, 0.1) is 6.92 Å². The average Bonchev–Trinajstić information content (AvgIpc) is 2.49. The van der Waals surface area contributed by atoms with Crippen molar-refractivity contribution in [2.24, 2.45) is 0 Å². The lowest BCUT2D eigenvalue weighted by Crippen LogP contribution is -1.90. The second-order valence-corrected chi connectivity index (χ2v) is 2.72. The Balaban J connectivity index is 2.68. The van der Waals surface area contributed by atoms with E-state index in [9.17, 15) is 4.79 Å². The Morgan fingerprint density at radius 2 is 2.00 bits per heavy atom. The van der Waals surface area contributed by atoms with Crippen LogP contribution < -0.4 is 0 Å². The Morgan fingerprint density at radius 1 is 1.25 bits per heavy atom. The van der Waals surface area contributed by atoms with Crippen LogP contribution in [0.4, 0.5) is 0 Å². The van der Waals surface area contributed by atoms with E-state index in [1.54, 1.807) is 6.07 Å². The lowest BCUT2D eigenvalue weighted by atomic mass is 10.1. The lowest BCUT2D eigenvalue weighted by molar-refractivity contribution is 0.104. The summed E-state index contributed by atoms with van der Waals surface area (Å²) < 4.78 is 0. The van der Waals surface area contributed by atoms with Gasteiger partial charge in [0.1, 0.15) is 0 Å². The standard InChI is InChI=1S/C10H8NO/c1-7(12)8-2-3-9-5-11-6-10(9)4-8/h2-6,11H,1H2. The predicted octanol–water partition coefficient (Wildman–Crippen LogP) is 2.18. The third-order valence-corrected chi connectivity index (χ3v) is 1.89. The first-order valence-corrected chi connectivity index (χ1v) is 3.70. The number of carbonyl (C=O) groups excluding carboxylic acids is 1. The van der Waals surface area contributed by atoms with E-state index in [1.165, 1.54) is 0 Å². The quantitative estimate of drug-likeness (QED) is 0.634. The molecule has 0 aliphatic heterocycles. The molecule has 1 aromatic carbocycles. The Kier molecular flexibility index (Phi) is 1.47. The number of carbonyl (C=O) groups is 1. The summed E-state index contributed by atoms with van der Waals surface area (Å²) in [6.45, 7) is 3.35. The first-order chi connectivity index (χ1) is 5.77. The Bertz CT molecular complexity index is 428. The molecule has 0 unspecified atom stereocenters. The number of aromatic nitrogens is 1. The van der Waals surface area contributed by atoms with Gasteiger partial charge in [0.05, 0.1) is 0 Å². The largest absolute Gasteiger partial charge is 0.366 e. The van der Waals surface area contributed by atoms with Crippen LogP contribution in [0.25, 0.3) is 10.8 Å². The SMILES string of the molecule is [CH2]C(=O)c1ccc2c[nH]cc2c1. The summed E-state index contributed by atoms with van der Waals surface area (Å²) in [4.78, 5) is 13.9. The lowest BCUT2D eigenvalue weighted by Gasteiger charge is -1.93. The van der Waals surface area contributed by atoms with E-state index in [4.69, 9.17) is 0 Å². The first-order valence-electron chi connectivity index (χ1n) is 3.70. The van der Waals surface area contributed by atoms with Crippen LogP contribution in [0.3, 0.4) is 0 Å². The Morgan fingerprint density at radius 3 is 2.75 bits per heavy atom. The van der Waals surface area contributed by atoms with Crippen molar-refractivity contribution in [3.63, 3.8) is 0 Å². The fourth-order valence-electron chi connectivity index (χ4n) is 1.23. The van der Waals surface area contributed by atoms with Gasteiger partial charge in [-0.25, -0.2) is 0 Å². The molecule has 1 aromatic heterocycles. The highest BCUT2D eigenvalue weighted by molar-refractivity contribution is 6.02. The maximum Gasteiger partial charge on any atom is 0.163 e. The molecule has 0 saturated heterocycles. The molecule has 2 nitrogen and oxygen atoms in total. The van der Waals surface area contributed by atoms with E-state index in [0.29, 0.717) is 5.56 Å². The highest BCUT2D eigenvalue weighted by Crippen LogP contribution is 2.14. The van der Waals surface area contributed by atoms with Crippen LogP contribution in [-0.4, -0.2) is 10.8 Å². The van der Waals surface area contributed by atoms with Gasteiger partial charge in [-0.1, -0.05) is 12.1 Å². The number of Topliss-reactive ketones (excluding diaryl/α,β-unsaturated/α-hetero) is 1. The molecule has 2 aromatic rings. The van der Waals surface area contributed by atoms with Crippen molar-refractivity contribution in [2.75, 3.05) is 0 Å². The van der Waals surface area contributed by atoms with Gasteiger partial charge < -0.3 is 4.98 Å². The number of hydrogen-bond acceptors (Lipinski definition) is 1. The molecule has 0 fully saturated rings. The van der Waals surface area contributed by atoms with Gasteiger partial charge in [0, 0.05) is 24.9 Å². The summed E-state index contributed by atoms with van der Waals surface area (Å²) in [5.74, 6) is -0.141. The molecular formula is C10H8NO. The van der Waals surface area contributed by atoms with Crippen molar-refractivity contribution in [3.05, 3.63) is 43.1 Å². The Hall–Kier alpha value is -1.57. The first kappa shape index (κ1) is 7.10. The maximum atomic E-state index is 10.9. The van der Waals surface area contributed by atoms with E-state index < -0.39 is 0 Å². The number of nitrogens with one attached hydrogen (secondary N) is 1. The van der Waals surface area contributed by atoms with Crippen molar-refractivity contribution >= 4 is 16.6 Å². The molecule has 0 saturated carbocycles. The van der Waals surface area contributed by atoms with Crippen molar-refractivity contribution in [2.45, 2.75) is 0 Å². The number of rotatable bonds is 1. The van der Waals surface area contributed by atoms with Gasteiger partial charge in [-0.3, -0.25) is 4.79 Å². The fraction of sp³-hybridized carbons (Fsp3) is 0. The molecule has 12 heavy (non-hydrogen) atoms. The zero-order valence-electron chi connectivity index (χ0n) is 6.50. The molecule has 1 radical (unpaired) electrons. The normalized spacial score (nSPS) is 10.4. The third-order valence-electron chi connectivity index (χ3n) is 1.89. The van der Waals surface area contributed by atoms with Crippen LogP contribution in [0.5, 0.6) is 0 Å². The smallest absolute Gasteiger partial charge is 0.163 e. The number of H-pyrrole nitrogens is 1. The van der Waals surface area contributed by atoms with Gasteiger partial charge >= 0.3 is 0 Å². The molecule has 0 atom stereocenters. The number of fused-ring (bicyclic) bond motifs is 1. The van der Waals surface area contributed by atoms with E-state index in [2.05, 4.69) is 11.9 Å². The second-order valence-electron chi connectivity index (χ2n) is 2.72. The summed E-state index contributed by atoms with van der Waals surface area (Å²) in [6, 6.07) is 5.52. The second kappa shape index (κ2) is 2.48. The molecule has 1 N–H and O–H groups in total. The van der Waals surface area contributed by atoms with Crippen LogP contribution in [-0.2, 0) is 0 Å². The van der Waals surface area contributed by atoms with Crippen molar-refractivity contribution in [1.82, 2.24) is 4.98 Å². The topological polar surface area (TPSA) is 32.9 Å². The highest BCUT2D eigenvalue weighted by atomic mass is 16.1. The molecule has 0 bridgehead atoms. The molecular weight excluding hydrogens is 150 g/mol. The number of ketones is 1. The number of hydrogen-bond donors (Lipinski definition) is 1. The summed E-state index contributed by atoms with van der Waals surface area (Å²) in [6.07, 6.45) is 3.76. The minimum absolute atomic E-state index is 0.141. The highest BCUT2D eigenvalue weighted by Gasteiger charge is 2.00. The summed E-state index contributed by atoms with van der Waals surface area (Å²) in [5, 5.41) is 2.16. The Labute approximate surface area is 70.2 Å². The van der Waals surface area contributed by atoms with Gasteiger partial charge in [0.15, 0.2) is 5.78 Å². The van der Waals surface area contributed by atoms with Crippen molar-refractivity contribution in [3.8, 4) is 0 Å². The molecule has 0 aliphatic rings. The van der Waals surface area contributed by atoms with E-state index >= 15 is 0 Å². The molecule has 1 heterocycles. The van der Waals surface area contributed by atoms with Gasteiger partial charge in [-0.2, -0.15) is 0 Å². The summed E-state index contributed by atoms with van der Waals surface area (Å²) in [5.41, 5.74) is 0.655. The van der Waals surface area contributed by atoms with Crippen molar-refractivity contribution < 1.29 is 4.79 Å². The zero-order valence-corrected chi connectivity index (χ0v) is 6.50. The summed E-state index contributed by atoms with van der Waals surface area (Å²) in [7, 11) is 0. The van der Waals surface area contributed by atoms with Crippen LogP contribution in [0.1, 0.15) is 10.4 Å². The van der Waals surface area contributed by atoms with Gasteiger partial charge in [-0.05, 0) is 16.8 Å². The van der Waals surface area contributed by atoms with E-state index in [1.807, 2.05) is 24.5 Å². The molecule has 2 rings (SSSR count). The molecule has 0 spiro atoms. The van der Waals surface area contributed by atoms with Crippen LogP contribution >= 0.6 is 0 Å². The molecule has 2 heteroatoms. The molecule has 0 aliphatic carbocycles. The average molecular weight is 158 g/mol. The van der Waals surface area contributed by atoms with Gasteiger partial charge in [-0.15, -0.1) is 0 Å². The summed E-state index contributed by atoms with van der Waals surface area (Å²) >= 11 is 0. The third kappa shape index (κ3) is 1.01. The number of aromatic amines is 1. The zero-order chi connectivity index (χ0) is 8.55. The van der Waals surface area contributed by atoms with E-state index in [0.717, 1.165) is 10.8 Å². The minimum atomic E-state index is -0.141. The molecule has 59 valence electrons.